The first-order chi connectivity index (χ1) is 12.6. The highest BCUT2D eigenvalue weighted by atomic mass is 32.1. The van der Waals surface area contributed by atoms with E-state index in [1.807, 2.05) is 6.92 Å². The van der Waals surface area contributed by atoms with Crippen molar-refractivity contribution in [3.8, 4) is 17.2 Å². The van der Waals surface area contributed by atoms with Gasteiger partial charge in [-0.15, -0.1) is 11.3 Å². The van der Waals surface area contributed by atoms with Gasteiger partial charge in [0.05, 0.1) is 17.7 Å². The lowest BCUT2D eigenvalue weighted by Crippen LogP contribution is -2.36. The molecule has 3 rings (SSSR count). The Bertz CT molecular complexity index is 798. The van der Waals surface area contributed by atoms with Crippen LogP contribution >= 0.6 is 11.3 Å². The first kappa shape index (κ1) is 18.2. The van der Waals surface area contributed by atoms with E-state index in [-0.39, 0.29) is 19.1 Å². The SMILES string of the molecule is CN=C(NCc1cc2c(cc1OC(F)F)OCO2)NCc1scnc1C. The van der Waals surface area contributed by atoms with E-state index < -0.39 is 6.61 Å². The molecule has 0 amide bonds. The number of aliphatic imine (C=N–C) groups is 1. The lowest BCUT2D eigenvalue weighted by molar-refractivity contribution is -0.0505. The molecular formula is C16H18F2N4O3S. The van der Waals surface area contributed by atoms with Crippen LogP contribution in [0.3, 0.4) is 0 Å². The minimum Gasteiger partial charge on any atom is -0.454 e. The molecule has 0 aliphatic carbocycles. The van der Waals surface area contributed by atoms with Crippen molar-refractivity contribution < 1.29 is 23.0 Å². The molecule has 1 aliphatic heterocycles. The summed E-state index contributed by atoms with van der Waals surface area (Å²) in [6, 6.07) is 3.02. The van der Waals surface area contributed by atoms with Crippen LogP contribution in [0.2, 0.25) is 0 Å². The molecule has 2 N–H and O–H groups in total. The van der Waals surface area contributed by atoms with Crippen LogP contribution in [0.1, 0.15) is 16.1 Å². The van der Waals surface area contributed by atoms with Gasteiger partial charge in [-0.1, -0.05) is 0 Å². The van der Waals surface area contributed by atoms with Crippen molar-refractivity contribution in [3.63, 3.8) is 0 Å². The normalized spacial score (nSPS) is 13.2. The van der Waals surface area contributed by atoms with Gasteiger partial charge in [0.2, 0.25) is 6.79 Å². The number of benzene rings is 1. The zero-order valence-corrected chi connectivity index (χ0v) is 15.0. The number of rotatable bonds is 6. The molecule has 2 heterocycles. The van der Waals surface area contributed by atoms with E-state index in [0.717, 1.165) is 10.6 Å². The Morgan fingerprint density at radius 2 is 2.04 bits per heavy atom. The zero-order valence-electron chi connectivity index (χ0n) is 14.2. The fraction of sp³-hybridized carbons (Fsp3) is 0.375. The predicted octanol–water partition coefficient (Wildman–Crippen LogP) is 2.65. The molecule has 1 aliphatic rings. The molecule has 2 aromatic rings. The van der Waals surface area contributed by atoms with E-state index in [2.05, 4.69) is 25.3 Å². The van der Waals surface area contributed by atoms with Gasteiger partial charge < -0.3 is 24.8 Å². The highest BCUT2D eigenvalue weighted by molar-refractivity contribution is 7.09. The van der Waals surface area contributed by atoms with Crippen LogP contribution in [0, 0.1) is 6.92 Å². The van der Waals surface area contributed by atoms with Crippen LogP contribution in [0.5, 0.6) is 17.2 Å². The second-order valence-electron chi connectivity index (χ2n) is 5.33. The Morgan fingerprint density at radius 1 is 1.31 bits per heavy atom. The Labute approximate surface area is 153 Å². The van der Waals surface area contributed by atoms with Crippen molar-refractivity contribution in [2.45, 2.75) is 26.6 Å². The maximum atomic E-state index is 12.7. The number of guanidine groups is 1. The summed E-state index contributed by atoms with van der Waals surface area (Å²) in [5.41, 5.74) is 3.25. The molecular weight excluding hydrogens is 366 g/mol. The van der Waals surface area contributed by atoms with E-state index >= 15 is 0 Å². The van der Waals surface area contributed by atoms with E-state index in [1.165, 1.54) is 6.07 Å². The van der Waals surface area contributed by atoms with Crippen LogP contribution in [0.15, 0.2) is 22.6 Å². The molecule has 0 atom stereocenters. The van der Waals surface area contributed by atoms with Gasteiger partial charge in [-0.3, -0.25) is 4.99 Å². The third kappa shape index (κ3) is 4.31. The number of thiazole rings is 1. The summed E-state index contributed by atoms with van der Waals surface area (Å²) in [7, 11) is 1.63. The number of hydrogen-bond acceptors (Lipinski definition) is 6. The number of alkyl halides is 2. The topological polar surface area (TPSA) is 77.0 Å². The van der Waals surface area contributed by atoms with Crippen molar-refractivity contribution in [1.29, 1.82) is 0 Å². The summed E-state index contributed by atoms with van der Waals surface area (Å²) >= 11 is 1.55. The van der Waals surface area contributed by atoms with E-state index in [9.17, 15) is 8.78 Å². The lowest BCUT2D eigenvalue weighted by Gasteiger charge is -2.15. The highest BCUT2D eigenvalue weighted by Gasteiger charge is 2.20. The smallest absolute Gasteiger partial charge is 0.387 e. The summed E-state index contributed by atoms with van der Waals surface area (Å²) in [6.45, 7) is -0.152. The number of nitrogens with zero attached hydrogens (tertiary/aromatic N) is 2. The number of halogens is 2. The van der Waals surface area contributed by atoms with Gasteiger partial charge in [0, 0.05) is 30.1 Å². The third-order valence-corrected chi connectivity index (χ3v) is 4.64. The molecule has 0 saturated heterocycles. The Balaban J connectivity index is 1.66. The Hall–Kier alpha value is -2.62. The summed E-state index contributed by atoms with van der Waals surface area (Å²) in [6.07, 6.45) is 0. The van der Waals surface area contributed by atoms with Crippen molar-refractivity contribution in [3.05, 3.63) is 33.8 Å². The van der Waals surface area contributed by atoms with Gasteiger partial charge in [0.15, 0.2) is 17.5 Å². The molecule has 0 unspecified atom stereocenters. The van der Waals surface area contributed by atoms with Crippen molar-refractivity contribution in [2.24, 2.45) is 4.99 Å². The van der Waals surface area contributed by atoms with Crippen LogP contribution < -0.4 is 24.8 Å². The van der Waals surface area contributed by atoms with Crippen molar-refractivity contribution in [1.82, 2.24) is 15.6 Å². The van der Waals surface area contributed by atoms with Crippen LogP contribution in [0.25, 0.3) is 0 Å². The average Bonchev–Trinajstić information content (AvgIpc) is 3.22. The number of ether oxygens (including phenoxy) is 3. The molecule has 0 radical (unpaired) electrons. The van der Waals surface area contributed by atoms with E-state index in [4.69, 9.17) is 9.47 Å². The van der Waals surface area contributed by atoms with Gasteiger partial charge in [-0.25, -0.2) is 4.98 Å². The van der Waals surface area contributed by atoms with Crippen molar-refractivity contribution in [2.75, 3.05) is 13.8 Å². The molecule has 0 spiro atoms. The van der Waals surface area contributed by atoms with Gasteiger partial charge in [0.25, 0.3) is 0 Å². The van der Waals surface area contributed by atoms with Crippen LogP contribution in [-0.2, 0) is 13.1 Å². The molecule has 26 heavy (non-hydrogen) atoms. The zero-order chi connectivity index (χ0) is 18.5. The van der Waals surface area contributed by atoms with Gasteiger partial charge in [-0.2, -0.15) is 8.78 Å². The molecule has 1 aromatic heterocycles. The van der Waals surface area contributed by atoms with Gasteiger partial charge in [-0.05, 0) is 13.0 Å². The van der Waals surface area contributed by atoms with Crippen LogP contribution in [0.4, 0.5) is 8.78 Å². The van der Waals surface area contributed by atoms with E-state index in [1.54, 1.807) is 30.0 Å². The largest absolute Gasteiger partial charge is 0.454 e. The fourth-order valence-electron chi connectivity index (χ4n) is 2.37. The number of fused-ring (bicyclic) bond motifs is 1. The lowest BCUT2D eigenvalue weighted by atomic mass is 10.1. The minimum absolute atomic E-state index is 0.0329. The van der Waals surface area contributed by atoms with Crippen molar-refractivity contribution >= 4 is 17.3 Å². The quantitative estimate of drug-likeness (QED) is 0.589. The molecule has 7 nitrogen and oxygen atoms in total. The monoisotopic (exact) mass is 384 g/mol. The number of nitrogens with one attached hydrogen (secondary N) is 2. The maximum absolute atomic E-state index is 12.7. The van der Waals surface area contributed by atoms with Gasteiger partial charge >= 0.3 is 6.61 Å². The molecule has 140 valence electrons. The molecule has 0 saturated carbocycles. The Morgan fingerprint density at radius 3 is 2.69 bits per heavy atom. The maximum Gasteiger partial charge on any atom is 0.387 e. The van der Waals surface area contributed by atoms with Crippen LogP contribution in [-0.4, -0.2) is 31.4 Å². The third-order valence-electron chi connectivity index (χ3n) is 3.70. The molecule has 1 aromatic carbocycles. The minimum atomic E-state index is -2.93. The molecule has 0 bridgehead atoms. The predicted molar refractivity (Wildman–Crippen MR) is 93.1 cm³/mol. The second kappa shape index (κ2) is 8.17. The fourth-order valence-corrected chi connectivity index (χ4v) is 3.09. The summed E-state index contributed by atoms with van der Waals surface area (Å²) in [5, 5.41) is 6.23. The average molecular weight is 384 g/mol. The number of aromatic nitrogens is 1. The summed E-state index contributed by atoms with van der Waals surface area (Å²) < 4.78 is 40.5. The standard InChI is InChI=1S/C16H18F2N4O3S/c1-9-14(26-7-22-9)6-21-16(19-2)20-5-10-3-12-13(24-8-23-12)4-11(10)25-15(17)18/h3-4,7,15H,5-6,8H2,1-2H3,(H2,19,20,21). The first-order valence-electron chi connectivity index (χ1n) is 7.77. The highest BCUT2D eigenvalue weighted by Crippen LogP contribution is 2.38. The number of aryl methyl sites for hydroxylation is 1. The first-order valence-corrected chi connectivity index (χ1v) is 8.65. The van der Waals surface area contributed by atoms with Gasteiger partial charge in [0.1, 0.15) is 5.75 Å². The summed E-state index contributed by atoms with van der Waals surface area (Å²) in [4.78, 5) is 9.42. The summed E-state index contributed by atoms with van der Waals surface area (Å²) in [5.74, 6) is 1.43. The number of hydrogen-bond donors (Lipinski definition) is 2. The molecule has 10 heteroatoms. The van der Waals surface area contributed by atoms with E-state index in [0.29, 0.717) is 29.6 Å². The Kier molecular flexibility index (Phi) is 5.71. The molecule has 0 fully saturated rings. The second-order valence-corrected chi connectivity index (χ2v) is 6.27.